The van der Waals surface area contributed by atoms with E-state index in [9.17, 15) is 9.59 Å². The molecule has 14 heavy (non-hydrogen) atoms. The number of Topliss-reactive ketones (excluding diaryl/α,β-unsaturated/α-hetero) is 1. The molecule has 1 rings (SSSR count). The highest BCUT2D eigenvalue weighted by Gasteiger charge is 2.15. The van der Waals surface area contributed by atoms with Crippen LogP contribution >= 0.6 is 15.9 Å². The number of aromatic carboxylic acids is 1. The Hall–Kier alpha value is -1.36. The lowest BCUT2D eigenvalue weighted by Gasteiger charge is -2.03. The van der Waals surface area contributed by atoms with Crippen molar-refractivity contribution in [1.82, 2.24) is 0 Å². The Morgan fingerprint density at radius 2 is 2.00 bits per heavy atom. The van der Waals surface area contributed by atoms with Gasteiger partial charge in [0, 0.05) is 11.3 Å². The van der Waals surface area contributed by atoms with Gasteiger partial charge in [0.05, 0.1) is 10.9 Å². The molecule has 0 saturated carbocycles. The second kappa shape index (κ2) is 4.23. The summed E-state index contributed by atoms with van der Waals surface area (Å²) in [7, 11) is 0. The number of rotatable bonds is 3. The number of anilines is 1. The van der Waals surface area contributed by atoms with Gasteiger partial charge in [-0.2, -0.15) is 0 Å². The number of nitrogen functional groups attached to an aromatic ring is 1. The molecule has 4 nitrogen and oxygen atoms in total. The molecule has 0 aliphatic carbocycles. The van der Waals surface area contributed by atoms with Crippen molar-refractivity contribution in [2.75, 3.05) is 11.1 Å². The fraction of sp³-hybridized carbons (Fsp3) is 0.111. The first-order valence-corrected chi connectivity index (χ1v) is 4.90. The van der Waals surface area contributed by atoms with E-state index in [1.54, 1.807) is 0 Å². The van der Waals surface area contributed by atoms with Crippen molar-refractivity contribution in [3.05, 3.63) is 29.3 Å². The van der Waals surface area contributed by atoms with Crippen molar-refractivity contribution >= 4 is 33.4 Å². The summed E-state index contributed by atoms with van der Waals surface area (Å²) in [5.41, 5.74) is 5.86. The van der Waals surface area contributed by atoms with Crippen LogP contribution in [0.4, 0.5) is 5.69 Å². The van der Waals surface area contributed by atoms with Gasteiger partial charge in [-0.15, -0.1) is 0 Å². The SMILES string of the molecule is Nc1ccc(C(=O)CBr)c(C(=O)O)c1. The largest absolute Gasteiger partial charge is 0.478 e. The van der Waals surface area contributed by atoms with Crippen molar-refractivity contribution in [3.63, 3.8) is 0 Å². The summed E-state index contributed by atoms with van der Waals surface area (Å²) in [6.45, 7) is 0. The predicted octanol–water partition coefficient (Wildman–Crippen LogP) is 1.54. The van der Waals surface area contributed by atoms with Crippen molar-refractivity contribution in [2.45, 2.75) is 0 Å². The van der Waals surface area contributed by atoms with E-state index in [0.717, 1.165) is 0 Å². The van der Waals surface area contributed by atoms with Gasteiger partial charge in [0.25, 0.3) is 0 Å². The Bertz CT molecular complexity index is 390. The molecule has 5 heteroatoms. The average Bonchev–Trinajstić information content (AvgIpc) is 2.16. The number of carbonyl (C=O) groups is 2. The van der Waals surface area contributed by atoms with E-state index >= 15 is 0 Å². The van der Waals surface area contributed by atoms with Gasteiger partial charge in [-0.25, -0.2) is 4.79 Å². The van der Waals surface area contributed by atoms with Crippen LogP contribution in [0, 0.1) is 0 Å². The number of benzene rings is 1. The third-order valence-electron chi connectivity index (χ3n) is 1.70. The van der Waals surface area contributed by atoms with Crippen LogP contribution in [-0.4, -0.2) is 22.2 Å². The monoisotopic (exact) mass is 257 g/mol. The van der Waals surface area contributed by atoms with Crippen molar-refractivity contribution < 1.29 is 14.7 Å². The topological polar surface area (TPSA) is 80.4 Å². The highest BCUT2D eigenvalue weighted by atomic mass is 79.9. The maximum atomic E-state index is 11.3. The summed E-state index contributed by atoms with van der Waals surface area (Å²) in [4.78, 5) is 22.1. The molecule has 0 unspecified atom stereocenters. The van der Waals surface area contributed by atoms with Crippen molar-refractivity contribution in [1.29, 1.82) is 0 Å². The molecule has 0 spiro atoms. The second-order valence-electron chi connectivity index (χ2n) is 2.67. The number of hydrogen-bond acceptors (Lipinski definition) is 3. The van der Waals surface area contributed by atoms with Gasteiger partial charge in [0.1, 0.15) is 0 Å². The van der Waals surface area contributed by atoms with Crippen LogP contribution in [0.2, 0.25) is 0 Å². The van der Waals surface area contributed by atoms with Gasteiger partial charge in [0.2, 0.25) is 0 Å². The summed E-state index contributed by atoms with van der Waals surface area (Å²) < 4.78 is 0. The van der Waals surface area contributed by atoms with Crippen LogP contribution in [-0.2, 0) is 0 Å². The minimum Gasteiger partial charge on any atom is -0.478 e. The van der Waals surface area contributed by atoms with Gasteiger partial charge >= 0.3 is 5.97 Å². The summed E-state index contributed by atoms with van der Waals surface area (Å²) in [6, 6.07) is 4.20. The Morgan fingerprint density at radius 3 is 2.50 bits per heavy atom. The molecule has 0 atom stereocenters. The maximum absolute atomic E-state index is 11.3. The summed E-state index contributed by atoms with van der Waals surface area (Å²) >= 11 is 2.98. The molecular weight excluding hydrogens is 250 g/mol. The normalized spacial score (nSPS) is 9.79. The lowest BCUT2D eigenvalue weighted by molar-refractivity contribution is 0.0692. The van der Waals surface area contributed by atoms with E-state index in [2.05, 4.69) is 15.9 Å². The van der Waals surface area contributed by atoms with Crippen LogP contribution in [0.5, 0.6) is 0 Å². The standard InChI is InChI=1S/C9H8BrNO3/c10-4-8(12)6-2-1-5(11)3-7(6)9(13)14/h1-3H,4,11H2,(H,13,14). The average molecular weight is 258 g/mol. The van der Waals surface area contributed by atoms with E-state index in [-0.39, 0.29) is 22.2 Å². The third kappa shape index (κ3) is 2.11. The van der Waals surface area contributed by atoms with E-state index < -0.39 is 5.97 Å². The quantitative estimate of drug-likeness (QED) is 0.489. The summed E-state index contributed by atoms with van der Waals surface area (Å²) in [6.07, 6.45) is 0. The molecule has 0 amide bonds. The summed E-state index contributed by atoms with van der Waals surface area (Å²) in [5, 5.41) is 8.91. The first-order valence-electron chi connectivity index (χ1n) is 3.78. The van der Waals surface area contributed by atoms with Crippen LogP contribution in [0.1, 0.15) is 20.7 Å². The number of nitrogens with two attached hydrogens (primary N) is 1. The lowest BCUT2D eigenvalue weighted by atomic mass is 10.0. The molecule has 1 aromatic carbocycles. The van der Waals surface area contributed by atoms with Gasteiger partial charge in [-0.05, 0) is 18.2 Å². The Morgan fingerprint density at radius 1 is 1.36 bits per heavy atom. The van der Waals surface area contributed by atoms with Crippen LogP contribution < -0.4 is 5.73 Å². The molecule has 74 valence electrons. The Balaban J connectivity index is 3.28. The first kappa shape index (κ1) is 10.7. The van der Waals surface area contributed by atoms with E-state index in [4.69, 9.17) is 10.8 Å². The molecule has 0 aromatic heterocycles. The number of carboxylic acid groups (broad SMARTS) is 1. The molecule has 0 radical (unpaired) electrons. The van der Waals surface area contributed by atoms with Gasteiger partial charge in [-0.1, -0.05) is 15.9 Å². The molecule has 0 aliphatic heterocycles. The molecule has 0 heterocycles. The van der Waals surface area contributed by atoms with E-state index in [1.165, 1.54) is 18.2 Å². The number of hydrogen-bond donors (Lipinski definition) is 2. The predicted molar refractivity (Wildman–Crippen MR) is 55.9 cm³/mol. The molecule has 0 bridgehead atoms. The van der Waals surface area contributed by atoms with Crippen LogP contribution in [0.3, 0.4) is 0 Å². The highest BCUT2D eigenvalue weighted by Crippen LogP contribution is 2.15. The van der Waals surface area contributed by atoms with Gasteiger partial charge in [0.15, 0.2) is 5.78 Å². The highest BCUT2D eigenvalue weighted by molar-refractivity contribution is 9.09. The van der Waals surface area contributed by atoms with E-state index in [0.29, 0.717) is 5.69 Å². The molecule has 0 saturated heterocycles. The van der Waals surface area contributed by atoms with Crippen molar-refractivity contribution in [3.8, 4) is 0 Å². The third-order valence-corrected chi connectivity index (χ3v) is 2.21. The molecule has 3 N–H and O–H groups in total. The number of halogens is 1. The number of ketones is 1. The zero-order valence-electron chi connectivity index (χ0n) is 7.16. The minimum atomic E-state index is -1.15. The maximum Gasteiger partial charge on any atom is 0.336 e. The van der Waals surface area contributed by atoms with Gasteiger partial charge < -0.3 is 10.8 Å². The Labute approximate surface area is 88.9 Å². The minimum absolute atomic E-state index is 0.0607. The smallest absolute Gasteiger partial charge is 0.336 e. The number of carboxylic acids is 1. The Kier molecular flexibility index (Phi) is 3.24. The second-order valence-corrected chi connectivity index (χ2v) is 3.23. The zero-order chi connectivity index (χ0) is 10.7. The van der Waals surface area contributed by atoms with E-state index in [1.807, 2.05) is 0 Å². The lowest BCUT2D eigenvalue weighted by Crippen LogP contribution is -2.10. The molecular formula is C9H8BrNO3. The number of carbonyl (C=O) groups excluding carboxylic acids is 1. The zero-order valence-corrected chi connectivity index (χ0v) is 8.74. The molecule has 0 aliphatic rings. The number of alkyl halides is 1. The van der Waals surface area contributed by atoms with Crippen LogP contribution in [0.25, 0.3) is 0 Å². The molecule has 0 fully saturated rings. The van der Waals surface area contributed by atoms with Gasteiger partial charge in [-0.3, -0.25) is 4.79 Å². The summed E-state index contributed by atoms with van der Waals surface area (Å²) in [5.74, 6) is -1.43. The first-order chi connectivity index (χ1) is 6.56. The fourth-order valence-corrected chi connectivity index (χ4v) is 1.36. The fourth-order valence-electron chi connectivity index (χ4n) is 1.05. The molecule has 1 aromatic rings. The van der Waals surface area contributed by atoms with Crippen LogP contribution in [0.15, 0.2) is 18.2 Å². The van der Waals surface area contributed by atoms with Crippen molar-refractivity contribution in [2.24, 2.45) is 0 Å².